The summed E-state index contributed by atoms with van der Waals surface area (Å²) in [4.78, 5) is 20.4. The zero-order valence-corrected chi connectivity index (χ0v) is 16.7. The van der Waals surface area contributed by atoms with Gasteiger partial charge in [0, 0.05) is 30.1 Å². The second kappa shape index (κ2) is 7.78. The van der Waals surface area contributed by atoms with Gasteiger partial charge in [-0.1, -0.05) is 6.07 Å². The van der Waals surface area contributed by atoms with Gasteiger partial charge in [-0.2, -0.15) is 13.2 Å². The molecule has 0 saturated carbocycles. The van der Waals surface area contributed by atoms with Gasteiger partial charge in [0.1, 0.15) is 12.2 Å². The van der Waals surface area contributed by atoms with E-state index in [1.807, 2.05) is 41.3 Å². The topological polar surface area (TPSA) is 76.2 Å². The van der Waals surface area contributed by atoms with E-state index in [2.05, 4.69) is 15.3 Å². The van der Waals surface area contributed by atoms with Crippen LogP contribution in [0.15, 0.2) is 55.2 Å². The van der Waals surface area contributed by atoms with Gasteiger partial charge in [-0.05, 0) is 36.8 Å². The van der Waals surface area contributed by atoms with Gasteiger partial charge in [-0.15, -0.1) is 0 Å². The van der Waals surface area contributed by atoms with Crippen LogP contribution >= 0.6 is 0 Å². The third-order valence-corrected chi connectivity index (χ3v) is 4.85. The van der Waals surface area contributed by atoms with Crippen molar-refractivity contribution in [2.45, 2.75) is 13.1 Å². The zero-order chi connectivity index (χ0) is 22.2. The number of aryl methyl sites for hydroxylation is 2. The fourth-order valence-electron chi connectivity index (χ4n) is 3.31. The summed E-state index contributed by atoms with van der Waals surface area (Å²) in [6.07, 6.45) is 2.65. The van der Waals surface area contributed by atoms with Gasteiger partial charge < -0.3 is 15.2 Å². The van der Waals surface area contributed by atoms with E-state index in [1.165, 1.54) is 0 Å². The maximum absolute atomic E-state index is 12.3. The Kier molecular flexibility index (Phi) is 5.14. The minimum atomic E-state index is -4.47. The number of amides is 2. The molecule has 160 valence electrons. The molecule has 0 aliphatic carbocycles. The lowest BCUT2D eigenvalue weighted by atomic mass is 10.1. The molecule has 0 aliphatic rings. The van der Waals surface area contributed by atoms with Gasteiger partial charge in [0.25, 0.3) is 0 Å². The number of aromatic nitrogens is 4. The number of pyridine rings is 1. The van der Waals surface area contributed by atoms with Crippen molar-refractivity contribution in [3.8, 4) is 22.5 Å². The summed E-state index contributed by atoms with van der Waals surface area (Å²) in [5.41, 5.74) is 5.56. The number of nitrogens with one attached hydrogen (secondary N) is 2. The van der Waals surface area contributed by atoms with Crippen LogP contribution in [0.4, 0.5) is 23.7 Å². The molecule has 3 aromatic heterocycles. The SMILES string of the molecule is Cc1ccc(NC(=O)NCC(F)(F)F)cc1-c1cnc2cc(-c3cncn3C)ccn12. The Morgan fingerprint density at radius 1 is 1.13 bits per heavy atom. The summed E-state index contributed by atoms with van der Waals surface area (Å²) in [5.74, 6) is 0. The van der Waals surface area contributed by atoms with Crippen molar-refractivity contribution < 1.29 is 18.0 Å². The van der Waals surface area contributed by atoms with E-state index in [0.29, 0.717) is 5.69 Å². The van der Waals surface area contributed by atoms with Crippen LogP contribution < -0.4 is 10.6 Å². The highest BCUT2D eigenvalue weighted by Gasteiger charge is 2.27. The lowest BCUT2D eigenvalue weighted by Gasteiger charge is -2.12. The van der Waals surface area contributed by atoms with Gasteiger partial charge in [-0.3, -0.25) is 4.40 Å². The molecule has 2 amide bonds. The Bertz CT molecular complexity index is 1260. The predicted octanol–water partition coefficient (Wildman–Crippen LogP) is 4.39. The molecule has 10 heteroatoms. The molecule has 0 unspecified atom stereocenters. The van der Waals surface area contributed by atoms with Crippen LogP contribution in [-0.4, -0.2) is 37.7 Å². The number of halogens is 3. The average Bonchev–Trinajstić information content (AvgIpc) is 3.33. The van der Waals surface area contributed by atoms with E-state index in [4.69, 9.17) is 0 Å². The van der Waals surface area contributed by atoms with Crippen LogP contribution in [0.3, 0.4) is 0 Å². The van der Waals surface area contributed by atoms with Crippen molar-refractivity contribution in [3.63, 3.8) is 0 Å². The molecular weight excluding hydrogens is 409 g/mol. The first-order valence-corrected chi connectivity index (χ1v) is 9.38. The lowest BCUT2D eigenvalue weighted by Crippen LogP contribution is -2.36. The number of hydrogen-bond donors (Lipinski definition) is 2. The quantitative estimate of drug-likeness (QED) is 0.506. The van der Waals surface area contributed by atoms with Crippen LogP contribution in [-0.2, 0) is 7.05 Å². The van der Waals surface area contributed by atoms with Crippen LogP contribution in [0, 0.1) is 6.92 Å². The van der Waals surface area contributed by atoms with E-state index >= 15 is 0 Å². The Balaban J connectivity index is 1.62. The number of alkyl halides is 3. The molecule has 7 nitrogen and oxygen atoms in total. The summed E-state index contributed by atoms with van der Waals surface area (Å²) in [5, 5.41) is 4.23. The van der Waals surface area contributed by atoms with Crippen molar-refractivity contribution in [3.05, 3.63) is 60.8 Å². The monoisotopic (exact) mass is 428 g/mol. The molecule has 1 aromatic carbocycles. The van der Waals surface area contributed by atoms with E-state index < -0.39 is 18.8 Å². The summed E-state index contributed by atoms with van der Waals surface area (Å²) in [6.45, 7) is 0.510. The maximum atomic E-state index is 12.3. The highest BCUT2D eigenvalue weighted by Crippen LogP contribution is 2.29. The molecule has 0 spiro atoms. The van der Waals surface area contributed by atoms with Crippen molar-refractivity contribution in [2.24, 2.45) is 7.05 Å². The molecule has 4 aromatic rings. The molecule has 2 N–H and O–H groups in total. The Hall–Kier alpha value is -3.82. The van der Waals surface area contributed by atoms with Crippen molar-refractivity contribution in [1.82, 2.24) is 24.3 Å². The number of imidazole rings is 2. The Morgan fingerprint density at radius 3 is 2.65 bits per heavy atom. The molecule has 0 saturated heterocycles. The fraction of sp³-hybridized carbons (Fsp3) is 0.190. The second-order valence-corrected chi connectivity index (χ2v) is 7.13. The van der Waals surface area contributed by atoms with Crippen LogP contribution in [0.2, 0.25) is 0 Å². The second-order valence-electron chi connectivity index (χ2n) is 7.13. The predicted molar refractivity (Wildman–Crippen MR) is 111 cm³/mol. The van der Waals surface area contributed by atoms with Crippen LogP contribution in [0.5, 0.6) is 0 Å². The Morgan fingerprint density at radius 2 is 1.94 bits per heavy atom. The highest BCUT2D eigenvalue weighted by molar-refractivity contribution is 5.90. The zero-order valence-electron chi connectivity index (χ0n) is 16.7. The van der Waals surface area contributed by atoms with Gasteiger partial charge in [-0.25, -0.2) is 14.8 Å². The molecule has 3 heterocycles. The van der Waals surface area contributed by atoms with E-state index in [0.717, 1.165) is 33.7 Å². The van der Waals surface area contributed by atoms with Crippen molar-refractivity contribution in [2.75, 3.05) is 11.9 Å². The third kappa shape index (κ3) is 4.37. The van der Waals surface area contributed by atoms with Crippen LogP contribution in [0.25, 0.3) is 28.2 Å². The highest BCUT2D eigenvalue weighted by atomic mass is 19.4. The molecule has 0 aliphatic heterocycles. The third-order valence-electron chi connectivity index (χ3n) is 4.85. The lowest BCUT2D eigenvalue weighted by molar-refractivity contribution is -0.122. The number of anilines is 1. The number of rotatable bonds is 4. The molecule has 0 radical (unpaired) electrons. The number of carbonyl (C=O) groups is 1. The number of urea groups is 1. The first-order valence-electron chi connectivity index (χ1n) is 9.38. The van der Waals surface area contributed by atoms with Gasteiger partial charge in [0.2, 0.25) is 0 Å². The first kappa shape index (κ1) is 20.5. The van der Waals surface area contributed by atoms with E-state index in [1.54, 1.807) is 42.2 Å². The van der Waals surface area contributed by atoms with Gasteiger partial charge >= 0.3 is 12.2 Å². The summed E-state index contributed by atoms with van der Waals surface area (Å²) < 4.78 is 40.7. The maximum Gasteiger partial charge on any atom is 0.405 e. The van der Waals surface area contributed by atoms with Gasteiger partial charge in [0.05, 0.1) is 30.1 Å². The smallest absolute Gasteiger partial charge is 0.334 e. The normalized spacial score (nSPS) is 11.6. The molecule has 0 atom stereocenters. The number of nitrogens with zero attached hydrogens (tertiary/aromatic N) is 4. The average molecular weight is 428 g/mol. The number of benzene rings is 1. The fourth-order valence-corrected chi connectivity index (χ4v) is 3.31. The Labute approximate surface area is 175 Å². The van der Waals surface area contributed by atoms with Crippen molar-refractivity contribution in [1.29, 1.82) is 0 Å². The summed E-state index contributed by atoms with van der Waals surface area (Å²) in [6, 6.07) is 8.11. The van der Waals surface area contributed by atoms with Crippen molar-refractivity contribution >= 4 is 17.4 Å². The minimum Gasteiger partial charge on any atom is -0.334 e. The molecule has 0 bridgehead atoms. The molecular formula is C21H19F3N6O. The molecule has 31 heavy (non-hydrogen) atoms. The minimum absolute atomic E-state index is 0.377. The standard InChI is InChI=1S/C21H19F3N6O/c1-13-3-4-15(28-20(31)27-11-21(22,23)24)8-16(13)18-10-26-19-7-14(5-6-30(18)19)17-9-25-12-29(17)2/h3-10,12H,11H2,1-2H3,(H2,27,28,31). The van der Waals surface area contributed by atoms with E-state index in [-0.39, 0.29) is 0 Å². The first-order chi connectivity index (χ1) is 14.7. The number of fused-ring (bicyclic) bond motifs is 1. The van der Waals surface area contributed by atoms with E-state index in [9.17, 15) is 18.0 Å². The summed E-state index contributed by atoms with van der Waals surface area (Å²) in [7, 11) is 1.91. The number of hydrogen-bond acceptors (Lipinski definition) is 3. The number of carbonyl (C=O) groups excluding carboxylic acids is 1. The molecule has 0 fully saturated rings. The van der Waals surface area contributed by atoms with Crippen LogP contribution in [0.1, 0.15) is 5.56 Å². The largest absolute Gasteiger partial charge is 0.405 e. The van der Waals surface area contributed by atoms with Gasteiger partial charge in [0.15, 0.2) is 0 Å². The summed E-state index contributed by atoms with van der Waals surface area (Å²) >= 11 is 0. The molecule has 4 rings (SSSR count).